The lowest BCUT2D eigenvalue weighted by molar-refractivity contribution is 0.501. The van der Waals surface area contributed by atoms with Gasteiger partial charge in [0.25, 0.3) is 5.70 Å². The minimum Gasteiger partial charge on any atom is -0.348 e. The van der Waals surface area contributed by atoms with E-state index in [0.717, 1.165) is 17.8 Å². The fourth-order valence-electron chi connectivity index (χ4n) is 1.82. The summed E-state index contributed by atoms with van der Waals surface area (Å²) in [6.07, 6.45) is 9.52. The van der Waals surface area contributed by atoms with Crippen molar-refractivity contribution in [2.24, 2.45) is 0 Å². The number of rotatable bonds is 3. The lowest BCUT2D eigenvalue weighted by Gasteiger charge is -2.23. The van der Waals surface area contributed by atoms with Gasteiger partial charge >= 0.3 is 0 Å². The summed E-state index contributed by atoms with van der Waals surface area (Å²) in [5.41, 5.74) is 2.78. The van der Waals surface area contributed by atoms with Gasteiger partial charge in [-0.2, -0.15) is 5.26 Å². The van der Waals surface area contributed by atoms with Crippen LogP contribution in [0.2, 0.25) is 0 Å². The Labute approximate surface area is 125 Å². The molecule has 0 saturated heterocycles. The molecule has 0 aromatic heterocycles. The lowest BCUT2D eigenvalue weighted by Crippen LogP contribution is -2.16. The minimum absolute atomic E-state index is 0.0520. The molecule has 0 atom stereocenters. The standard InChI is InChI=1S/C17H16N4/c1-5-21-9-8-13(2)10-16(21)7-6-15(11-18)14(3)17(12-19)20-4/h6-10H,5H2,1-3H3/b15-6?,16-7?,17-14-. The number of nitrogens with zero attached hydrogens (tertiary/aromatic N) is 4. The van der Waals surface area contributed by atoms with Crippen molar-refractivity contribution in [2.75, 3.05) is 6.54 Å². The van der Waals surface area contributed by atoms with Gasteiger partial charge in [-0.05, 0) is 56.2 Å². The van der Waals surface area contributed by atoms with E-state index in [9.17, 15) is 5.26 Å². The van der Waals surface area contributed by atoms with Gasteiger partial charge in [-0.25, -0.2) is 10.1 Å². The third-order valence-corrected chi connectivity index (χ3v) is 3.08. The van der Waals surface area contributed by atoms with Gasteiger partial charge < -0.3 is 4.90 Å². The number of hydrogen-bond acceptors (Lipinski definition) is 3. The van der Waals surface area contributed by atoms with Crippen LogP contribution < -0.4 is 0 Å². The van der Waals surface area contributed by atoms with Crippen molar-refractivity contribution in [3.63, 3.8) is 0 Å². The Bertz CT molecular complexity index is 679. The van der Waals surface area contributed by atoms with Crippen molar-refractivity contribution < 1.29 is 0 Å². The van der Waals surface area contributed by atoms with Crippen LogP contribution in [0.15, 0.2) is 58.6 Å². The first-order valence-electron chi connectivity index (χ1n) is 6.51. The van der Waals surface area contributed by atoms with Gasteiger partial charge in [0.2, 0.25) is 0 Å². The highest BCUT2D eigenvalue weighted by Crippen LogP contribution is 2.19. The average molecular weight is 276 g/mol. The highest BCUT2D eigenvalue weighted by atomic mass is 15.1. The second-order valence-corrected chi connectivity index (χ2v) is 4.47. The summed E-state index contributed by atoms with van der Waals surface area (Å²) >= 11 is 0. The number of allylic oxidation sites excluding steroid dienone is 8. The van der Waals surface area contributed by atoms with Crippen molar-refractivity contribution in [1.29, 1.82) is 10.5 Å². The molecule has 21 heavy (non-hydrogen) atoms. The number of hydrogen-bond donors (Lipinski definition) is 0. The molecule has 1 heterocycles. The number of nitriles is 2. The van der Waals surface area contributed by atoms with Crippen LogP contribution in [0, 0.1) is 29.2 Å². The zero-order valence-corrected chi connectivity index (χ0v) is 12.4. The van der Waals surface area contributed by atoms with Crippen LogP contribution in [0.25, 0.3) is 4.85 Å². The normalized spacial score (nSPS) is 17.5. The third kappa shape index (κ3) is 3.96. The summed E-state index contributed by atoms with van der Waals surface area (Å²) in [7, 11) is 0. The Morgan fingerprint density at radius 3 is 2.67 bits per heavy atom. The first kappa shape index (κ1) is 16.0. The van der Waals surface area contributed by atoms with E-state index in [1.165, 1.54) is 0 Å². The Balaban J connectivity index is 3.23. The van der Waals surface area contributed by atoms with Crippen LogP contribution in [0.1, 0.15) is 20.8 Å². The van der Waals surface area contributed by atoms with E-state index >= 15 is 0 Å². The van der Waals surface area contributed by atoms with E-state index in [1.54, 1.807) is 13.0 Å². The van der Waals surface area contributed by atoms with Crippen LogP contribution in [-0.4, -0.2) is 11.4 Å². The van der Waals surface area contributed by atoms with Gasteiger partial charge in [0.05, 0.1) is 18.7 Å². The van der Waals surface area contributed by atoms with Crippen LogP contribution in [-0.2, 0) is 0 Å². The molecule has 1 aliphatic rings. The molecule has 0 unspecified atom stereocenters. The smallest absolute Gasteiger partial charge is 0.266 e. The molecule has 0 fully saturated rings. The fraction of sp³-hybridized carbons (Fsp3) is 0.235. The first-order valence-corrected chi connectivity index (χ1v) is 6.51. The van der Waals surface area contributed by atoms with E-state index in [2.05, 4.69) is 9.74 Å². The quantitative estimate of drug-likeness (QED) is 0.447. The first-order chi connectivity index (χ1) is 10.1. The van der Waals surface area contributed by atoms with Crippen molar-refractivity contribution in [2.45, 2.75) is 20.8 Å². The van der Waals surface area contributed by atoms with Crippen LogP contribution >= 0.6 is 0 Å². The zero-order valence-electron chi connectivity index (χ0n) is 12.4. The molecular formula is C17H16N4. The van der Waals surface area contributed by atoms with E-state index in [-0.39, 0.29) is 5.70 Å². The molecule has 0 radical (unpaired) electrons. The van der Waals surface area contributed by atoms with Gasteiger partial charge in [0.1, 0.15) is 0 Å². The molecule has 0 aromatic carbocycles. The van der Waals surface area contributed by atoms with Gasteiger partial charge in [-0.3, -0.25) is 0 Å². The molecule has 0 aromatic rings. The van der Waals surface area contributed by atoms with E-state index in [4.69, 9.17) is 11.8 Å². The summed E-state index contributed by atoms with van der Waals surface area (Å²) < 4.78 is 0. The third-order valence-electron chi connectivity index (χ3n) is 3.08. The fourth-order valence-corrected chi connectivity index (χ4v) is 1.82. The molecule has 0 amide bonds. The topological polar surface area (TPSA) is 55.2 Å². The monoisotopic (exact) mass is 276 g/mol. The molecule has 1 aliphatic heterocycles. The largest absolute Gasteiger partial charge is 0.348 e. The lowest BCUT2D eigenvalue weighted by atomic mass is 10.1. The van der Waals surface area contributed by atoms with Crippen LogP contribution in [0.5, 0.6) is 0 Å². The predicted molar refractivity (Wildman–Crippen MR) is 82.0 cm³/mol. The van der Waals surface area contributed by atoms with Crippen molar-refractivity contribution in [3.05, 3.63) is 70.0 Å². The maximum absolute atomic E-state index is 9.20. The Morgan fingerprint density at radius 1 is 1.43 bits per heavy atom. The van der Waals surface area contributed by atoms with Gasteiger partial charge in [-0.15, -0.1) is 0 Å². The molecule has 4 heteroatoms. The zero-order chi connectivity index (χ0) is 15.8. The Hall–Kier alpha value is -3.03. The SMILES string of the molecule is [C-]#[N+]/C(C#N)=C(/C)C(C#N)=CC=C1C=C(C)C=CN1CC. The van der Waals surface area contributed by atoms with Crippen LogP contribution in [0.4, 0.5) is 0 Å². The molecule has 0 spiro atoms. The maximum atomic E-state index is 9.20. The van der Waals surface area contributed by atoms with Crippen molar-refractivity contribution >= 4 is 0 Å². The van der Waals surface area contributed by atoms with Gasteiger partial charge in [0, 0.05) is 24.0 Å². The summed E-state index contributed by atoms with van der Waals surface area (Å²) in [4.78, 5) is 5.19. The highest BCUT2D eigenvalue weighted by Gasteiger charge is 2.08. The summed E-state index contributed by atoms with van der Waals surface area (Å²) in [6, 6.07) is 3.85. The molecule has 0 bridgehead atoms. The minimum atomic E-state index is -0.0520. The van der Waals surface area contributed by atoms with Gasteiger partial charge in [0.15, 0.2) is 0 Å². The molecule has 0 aliphatic carbocycles. The highest BCUT2D eigenvalue weighted by molar-refractivity contribution is 5.51. The second kappa shape index (κ2) is 7.53. The van der Waals surface area contributed by atoms with Crippen molar-refractivity contribution in [1.82, 2.24) is 4.90 Å². The molecule has 104 valence electrons. The summed E-state index contributed by atoms with van der Waals surface area (Å²) in [5.74, 6) is 0. The Kier molecular flexibility index (Phi) is 5.75. The summed E-state index contributed by atoms with van der Waals surface area (Å²) in [5, 5.41) is 18.1. The van der Waals surface area contributed by atoms with E-state index in [1.807, 2.05) is 50.4 Å². The molecular weight excluding hydrogens is 260 g/mol. The van der Waals surface area contributed by atoms with Gasteiger partial charge in [-0.1, -0.05) is 0 Å². The summed E-state index contributed by atoms with van der Waals surface area (Å²) in [6.45, 7) is 13.4. The second-order valence-electron chi connectivity index (χ2n) is 4.47. The average Bonchev–Trinajstić information content (AvgIpc) is 2.49. The van der Waals surface area contributed by atoms with E-state index in [0.29, 0.717) is 11.1 Å². The maximum Gasteiger partial charge on any atom is 0.266 e. The number of likely N-dealkylation sites (N-methyl/N-ethyl adjacent to an activating group) is 1. The Morgan fingerprint density at radius 2 is 2.14 bits per heavy atom. The predicted octanol–water partition coefficient (Wildman–Crippen LogP) is 3.83. The molecule has 1 rings (SSSR count). The molecule has 0 N–H and O–H groups in total. The molecule has 0 saturated carbocycles. The van der Waals surface area contributed by atoms with Crippen LogP contribution in [0.3, 0.4) is 0 Å². The van der Waals surface area contributed by atoms with Crippen molar-refractivity contribution in [3.8, 4) is 12.1 Å². The van der Waals surface area contributed by atoms with E-state index < -0.39 is 0 Å². The molecule has 4 nitrogen and oxygen atoms in total.